The molecule has 2 nitrogen and oxygen atoms in total. The van der Waals surface area contributed by atoms with Gasteiger partial charge in [-0.05, 0) is 31.1 Å². The summed E-state index contributed by atoms with van der Waals surface area (Å²) in [6.45, 7) is 15.7. The number of rotatable bonds is 3. The Balaban J connectivity index is 2.02. The molecule has 1 saturated heterocycles. The van der Waals surface area contributed by atoms with Crippen LogP contribution in [0.15, 0.2) is 0 Å². The van der Waals surface area contributed by atoms with Crippen molar-refractivity contribution in [2.24, 2.45) is 11.3 Å². The lowest BCUT2D eigenvalue weighted by molar-refractivity contribution is 0.0249. The van der Waals surface area contributed by atoms with Gasteiger partial charge in [0.1, 0.15) is 0 Å². The SMILES string of the molecule is CC1CNC2(CCCCC2)CN1CC(C)(C)C(C)C. The fourth-order valence-corrected chi connectivity index (χ4v) is 3.58. The Labute approximate surface area is 120 Å². The zero-order chi connectivity index (χ0) is 14.1. The third-order valence-electron chi connectivity index (χ3n) is 5.89. The van der Waals surface area contributed by atoms with Crippen molar-refractivity contribution in [1.29, 1.82) is 0 Å². The molecule has 112 valence electrons. The third-order valence-corrected chi connectivity index (χ3v) is 5.89. The van der Waals surface area contributed by atoms with Crippen LogP contribution in [0.3, 0.4) is 0 Å². The molecule has 1 aliphatic carbocycles. The van der Waals surface area contributed by atoms with Crippen molar-refractivity contribution in [3.05, 3.63) is 0 Å². The molecule has 1 N–H and O–H groups in total. The van der Waals surface area contributed by atoms with Gasteiger partial charge in [-0.15, -0.1) is 0 Å². The molecule has 0 aromatic heterocycles. The average Bonchev–Trinajstić information content (AvgIpc) is 2.35. The molecule has 0 radical (unpaired) electrons. The van der Waals surface area contributed by atoms with E-state index < -0.39 is 0 Å². The van der Waals surface area contributed by atoms with E-state index in [0.717, 1.165) is 5.92 Å². The summed E-state index contributed by atoms with van der Waals surface area (Å²) in [5, 5.41) is 3.89. The lowest BCUT2D eigenvalue weighted by Gasteiger charge is -2.51. The molecule has 0 amide bonds. The fraction of sp³-hybridized carbons (Fsp3) is 1.00. The zero-order valence-electron chi connectivity index (χ0n) is 13.8. The molecule has 1 unspecified atom stereocenters. The van der Waals surface area contributed by atoms with Crippen LogP contribution < -0.4 is 5.32 Å². The first-order valence-corrected chi connectivity index (χ1v) is 8.34. The van der Waals surface area contributed by atoms with Crippen LogP contribution in [0, 0.1) is 11.3 Å². The van der Waals surface area contributed by atoms with E-state index in [0.29, 0.717) is 17.0 Å². The molecule has 2 rings (SSSR count). The number of hydrogen-bond donors (Lipinski definition) is 1. The van der Waals surface area contributed by atoms with Crippen LogP contribution in [0.5, 0.6) is 0 Å². The van der Waals surface area contributed by atoms with E-state index in [1.807, 2.05) is 0 Å². The minimum atomic E-state index is 0.418. The topological polar surface area (TPSA) is 15.3 Å². The fourth-order valence-electron chi connectivity index (χ4n) is 3.58. The predicted molar refractivity (Wildman–Crippen MR) is 83.5 cm³/mol. The Morgan fingerprint density at radius 1 is 1.21 bits per heavy atom. The molecule has 0 bridgehead atoms. The van der Waals surface area contributed by atoms with Gasteiger partial charge < -0.3 is 5.32 Å². The molecule has 1 spiro atoms. The Morgan fingerprint density at radius 3 is 2.42 bits per heavy atom. The van der Waals surface area contributed by atoms with E-state index in [4.69, 9.17) is 0 Å². The Kier molecular flexibility index (Phi) is 4.62. The summed E-state index contributed by atoms with van der Waals surface area (Å²) < 4.78 is 0. The van der Waals surface area contributed by atoms with Gasteiger partial charge in [0.25, 0.3) is 0 Å². The van der Waals surface area contributed by atoms with Crippen molar-refractivity contribution < 1.29 is 0 Å². The number of hydrogen-bond acceptors (Lipinski definition) is 2. The highest BCUT2D eigenvalue weighted by atomic mass is 15.3. The lowest BCUT2D eigenvalue weighted by atomic mass is 9.77. The van der Waals surface area contributed by atoms with Crippen molar-refractivity contribution >= 4 is 0 Å². The zero-order valence-corrected chi connectivity index (χ0v) is 13.8. The van der Waals surface area contributed by atoms with Gasteiger partial charge in [0.2, 0.25) is 0 Å². The highest BCUT2D eigenvalue weighted by molar-refractivity contribution is 4.99. The predicted octanol–water partition coefficient (Wildman–Crippen LogP) is 3.67. The van der Waals surface area contributed by atoms with Gasteiger partial charge in [-0.3, -0.25) is 4.90 Å². The van der Waals surface area contributed by atoms with Crippen LogP contribution in [-0.2, 0) is 0 Å². The van der Waals surface area contributed by atoms with E-state index in [2.05, 4.69) is 44.8 Å². The second kappa shape index (κ2) is 5.73. The first kappa shape index (κ1) is 15.3. The third kappa shape index (κ3) is 3.52. The molecule has 1 atom stereocenters. The van der Waals surface area contributed by atoms with Crippen molar-refractivity contribution in [1.82, 2.24) is 10.2 Å². The molecule has 19 heavy (non-hydrogen) atoms. The van der Waals surface area contributed by atoms with Gasteiger partial charge in [-0.1, -0.05) is 47.0 Å². The standard InChI is InChI=1S/C17H34N2/c1-14(2)16(4,5)12-19-13-17(18-11-15(19)3)9-7-6-8-10-17/h14-15,18H,6-13H2,1-5H3. The van der Waals surface area contributed by atoms with Gasteiger partial charge in [0.05, 0.1) is 0 Å². The second-order valence-corrected chi connectivity index (χ2v) is 8.12. The first-order chi connectivity index (χ1) is 8.85. The van der Waals surface area contributed by atoms with Crippen LogP contribution in [0.4, 0.5) is 0 Å². The number of nitrogens with zero attached hydrogens (tertiary/aromatic N) is 1. The maximum absolute atomic E-state index is 3.89. The van der Waals surface area contributed by atoms with E-state index in [-0.39, 0.29) is 0 Å². The van der Waals surface area contributed by atoms with E-state index >= 15 is 0 Å². The monoisotopic (exact) mass is 266 g/mol. The molecule has 0 aromatic carbocycles. The maximum atomic E-state index is 3.89. The smallest absolute Gasteiger partial charge is 0.0309 e. The van der Waals surface area contributed by atoms with Crippen molar-refractivity contribution in [3.63, 3.8) is 0 Å². The summed E-state index contributed by atoms with van der Waals surface area (Å²) in [7, 11) is 0. The molecule has 2 fully saturated rings. The van der Waals surface area contributed by atoms with Crippen LogP contribution in [0.25, 0.3) is 0 Å². The molecule has 1 heterocycles. The van der Waals surface area contributed by atoms with Crippen molar-refractivity contribution in [3.8, 4) is 0 Å². The number of piperazine rings is 1. The van der Waals surface area contributed by atoms with Crippen LogP contribution in [-0.4, -0.2) is 36.1 Å². The molecule has 2 heteroatoms. The first-order valence-electron chi connectivity index (χ1n) is 8.34. The Hall–Kier alpha value is -0.0800. The quantitative estimate of drug-likeness (QED) is 0.838. The Bertz CT molecular complexity index is 290. The van der Waals surface area contributed by atoms with Gasteiger partial charge in [0.15, 0.2) is 0 Å². The maximum Gasteiger partial charge on any atom is 0.0309 e. The van der Waals surface area contributed by atoms with E-state index in [9.17, 15) is 0 Å². The second-order valence-electron chi connectivity index (χ2n) is 8.12. The normalized spacial score (nSPS) is 29.1. The van der Waals surface area contributed by atoms with E-state index in [1.54, 1.807) is 0 Å². The highest BCUT2D eigenvalue weighted by Crippen LogP contribution is 2.34. The van der Waals surface area contributed by atoms with Crippen molar-refractivity contribution in [2.45, 2.75) is 78.3 Å². The summed E-state index contributed by atoms with van der Waals surface area (Å²) in [6.07, 6.45) is 7.05. The average molecular weight is 266 g/mol. The van der Waals surface area contributed by atoms with Gasteiger partial charge in [-0.2, -0.15) is 0 Å². The van der Waals surface area contributed by atoms with Crippen LogP contribution in [0.2, 0.25) is 0 Å². The molecule has 1 saturated carbocycles. The van der Waals surface area contributed by atoms with Crippen LogP contribution in [0.1, 0.15) is 66.7 Å². The van der Waals surface area contributed by atoms with Crippen molar-refractivity contribution in [2.75, 3.05) is 19.6 Å². The van der Waals surface area contributed by atoms with Crippen LogP contribution >= 0.6 is 0 Å². The Morgan fingerprint density at radius 2 is 1.84 bits per heavy atom. The summed E-state index contributed by atoms with van der Waals surface area (Å²) >= 11 is 0. The molecule has 2 aliphatic rings. The largest absolute Gasteiger partial charge is 0.308 e. The van der Waals surface area contributed by atoms with Gasteiger partial charge in [-0.25, -0.2) is 0 Å². The molecule has 1 aliphatic heterocycles. The molecule has 0 aromatic rings. The van der Waals surface area contributed by atoms with E-state index in [1.165, 1.54) is 51.7 Å². The summed E-state index contributed by atoms with van der Waals surface area (Å²) in [4.78, 5) is 2.77. The van der Waals surface area contributed by atoms with Gasteiger partial charge in [0, 0.05) is 31.2 Å². The summed E-state index contributed by atoms with van der Waals surface area (Å²) in [5.74, 6) is 0.747. The molecular weight excluding hydrogens is 232 g/mol. The van der Waals surface area contributed by atoms with Gasteiger partial charge >= 0.3 is 0 Å². The molecular formula is C17H34N2. The highest BCUT2D eigenvalue weighted by Gasteiger charge is 2.40. The lowest BCUT2D eigenvalue weighted by Crippen LogP contribution is -2.65. The minimum absolute atomic E-state index is 0.418. The summed E-state index contributed by atoms with van der Waals surface area (Å²) in [5.41, 5.74) is 0.860. The number of nitrogens with one attached hydrogen (secondary N) is 1. The summed E-state index contributed by atoms with van der Waals surface area (Å²) in [6, 6.07) is 0.686. The minimum Gasteiger partial charge on any atom is -0.308 e.